The summed E-state index contributed by atoms with van der Waals surface area (Å²) in [7, 11) is 0. The van der Waals surface area contributed by atoms with Gasteiger partial charge in [0, 0.05) is 44.1 Å². The number of fused-ring (bicyclic) bond motifs is 6. The van der Waals surface area contributed by atoms with Crippen molar-refractivity contribution in [2.45, 2.75) is 0 Å². The number of hydrogen-bond acceptors (Lipinski definition) is 5. The summed E-state index contributed by atoms with van der Waals surface area (Å²) in [5, 5.41) is 6.81. The molecule has 0 unspecified atom stereocenters. The molecule has 242 valence electrons. The average molecular weight is 665 g/mol. The zero-order chi connectivity index (χ0) is 34.2. The fourth-order valence-corrected chi connectivity index (χ4v) is 7.84. The summed E-state index contributed by atoms with van der Waals surface area (Å²) in [5.41, 5.74) is 10.3. The molecule has 0 spiro atoms. The second-order valence-electron chi connectivity index (χ2n) is 13.2. The molecule has 0 atom stereocenters. The summed E-state index contributed by atoms with van der Waals surface area (Å²) in [6.07, 6.45) is 0. The van der Waals surface area contributed by atoms with Gasteiger partial charge in [-0.1, -0.05) is 127 Å². The van der Waals surface area contributed by atoms with Gasteiger partial charge >= 0.3 is 0 Å². The molecular formula is C47H28N4O. The monoisotopic (exact) mass is 664 g/mol. The number of rotatable bonds is 4. The van der Waals surface area contributed by atoms with E-state index in [0.717, 1.165) is 60.8 Å². The largest absolute Gasteiger partial charge is 0.456 e. The van der Waals surface area contributed by atoms with Gasteiger partial charge < -0.3 is 9.32 Å². The molecule has 0 aliphatic carbocycles. The molecule has 1 aliphatic heterocycles. The van der Waals surface area contributed by atoms with Crippen molar-refractivity contribution in [3.05, 3.63) is 170 Å². The number of benzene rings is 8. The van der Waals surface area contributed by atoms with Gasteiger partial charge in [-0.25, -0.2) is 15.0 Å². The van der Waals surface area contributed by atoms with Crippen molar-refractivity contribution in [1.82, 2.24) is 15.0 Å². The van der Waals surface area contributed by atoms with E-state index in [1.807, 2.05) is 54.6 Å². The Labute approximate surface area is 299 Å². The van der Waals surface area contributed by atoms with Crippen LogP contribution in [0.2, 0.25) is 0 Å². The summed E-state index contributed by atoms with van der Waals surface area (Å²) in [5.74, 6) is 1.82. The molecule has 8 aromatic carbocycles. The van der Waals surface area contributed by atoms with Crippen LogP contribution in [-0.2, 0) is 0 Å². The van der Waals surface area contributed by atoms with Crippen molar-refractivity contribution in [3.63, 3.8) is 0 Å². The normalized spacial score (nSPS) is 12.2. The van der Waals surface area contributed by atoms with E-state index in [0.29, 0.717) is 17.5 Å². The third-order valence-electron chi connectivity index (χ3n) is 10.2. The molecule has 1 aliphatic rings. The maximum absolute atomic E-state index is 6.26. The topological polar surface area (TPSA) is 55.1 Å². The van der Waals surface area contributed by atoms with Crippen molar-refractivity contribution in [2.24, 2.45) is 0 Å². The van der Waals surface area contributed by atoms with Gasteiger partial charge in [-0.2, -0.15) is 0 Å². The number of nitrogens with zero attached hydrogens (tertiary/aromatic N) is 4. The van der Waals surface area contributed by atoms with Crippen molar-refractivity contribution < 1.29 is 4.42 Å². The van der Waals surface area contributed by atoms with Crippen LogP contribution in [0.4, 0.5) is 17.1 Å². The second kappa shape index (κ2) is 11.2. The minimum Gasteiger partial charge on any atom is -0.456 e. The lowest BCUT2D eigenvalue weighted by Gasteiger charge is -2.33. The molecule has 0 fully saturated rings. The van der Waals surface area contributed by atoms with E-state index in [1.54, 1.807) is 0 Å². The summed E-state index contributed by atoms with van der Waals surface area (Å²) in [6, 6.07) is 59.3. The van der Waals surface area contributed by atoms with Crippen LogP contribution in [0.25, 0.3) is 88.8 Å². The molecule has 3 heterocycles. The molecule has 2 aromatic heterocycles. The lowest BCUT2D eigenvalue weighted by atomic mass is 9.90. The number of para-hydroxylation sites is 2. The molecule has 5 heteroatoms. The summed E-state index contributed by atoms with van der Waals surface area (Å²) in [4.78, 5) is 17.7. The second-order valence-corrected chi connectivity index (χ2v) is 13.2. The first-order valence-electron chi connectivity index (χ1n) is 17.4. The number of hydrogen-bond donors (Lipinski definition) is 0. The van der Waals surface area contributed by atoms with Gasteiger partial charge in [0.15, 0.2) is 17.5 Å². The van der Waals surface area contributed by atoms with Crippen LogP contribution in [0, 0.1) is 0 Å². The van der Waals surface area contributed by atoms with Crippen LogP contribution < -0.4 is 4.90 Å². The van der Waals surface area contributed by atoms with Gasteiger partial charge in [0.2, 0.25) is 0 Å². The van der Waals surface area contributed by atoms with Crippen LogP contribution in [0.5, 0.6) is 0 Å². The third kappa shape index (κ3) is 4.39. The number of furan rings is 1. The highest BCUT2D eigenvalue weighted by Gasteiger charge is 2.26. The Morgan fingerprint density at radius 1 is 0.385 bits per heavy atom. The van der Waals surface area contributed by atoms with E-state index in [1.165, 1.54) is 27.6 Å². The Morgan fingerprint density at radius 2 is 1.06 bits per heavy atom. The molecule has 0 N–H and O–H groups in total. The predicted molar refractivity (Wildman–Crippen MR) is 212 cm³/mol. The van der Waals surface area contributed by atoms with Crippen molar-refractivity contribution in [2.75, 3.05) is 4.90 Å². The Morgan fingerprint density at radius 3 is 1.96 bits per heavy atom. The molecule has 0 saturated carbocycles. The molecule has 10 aromatic rings. The van der Waals surface area contributed by atoms with Crippen LogP contribution in [0.3, 0.4) is 0 Å². The SMILES string of the molecule is c1ccc(-c2nc(-c3ccc4c(c3)oc3ccccc34)nc(-c3cccc4ccc(N5c6ccccc6-c6cccc7cccc5c67)cc34)n2)cc1. The molecule has 0 radical (unpaired) electrons. The van der Waals surface area contributed by atoms with E-state index in [2.05, 4.69) is 120 Å². The zero-order valence-corrected chi connectivity index (χ0v) is 27.9. The lowest BCUT2D eigenvalue weighted by Crippen LogP contribution is -2.14. The first-order valence-corrected chi connectivity index (χ1v) is 17.4. The van der Waals surface area contributed by atoms with Crippen molar-refractivity contribution >= 4 is 60.5 Å². The highest BCUT2D eigenvalue weighted by Crippen LogP contribution is 2.51. The van der Waals surface area contributed by atoms with Gasteiger partial charge in [-0.05, 0) is 64.2 Å². The fraction of sp³-hybridized carbons (Fsp3) is 0. The highest BCUT2D eigenvalue weighted by molar-refractivity contribution is 6.14. The van der Waals surface area contributed by atoms with E-state index >= 15 is 0 Å². The van der Waals surface area contributed by atoms with Crippen LogP contribution in [0.1, 0.15) is 0 Å². The highest BCUT2D eigenvalue weighted by atomic mass is 16.3. The zero-order valence-electron chi connectivity index (χ0n) is 27.9. The minimum absolute atomic E-state index is 0.590. The molecule has 0 amide bonds. The van der Waals surface area contributed by atoms with E-state index in [-0.39, 0.29) is 0 Å². The van der Waals surface area contributed by atoms with E-state index < -0.39 is 0 Å². The fourth-order valence-electron chi connectivity index (χ4n) is 7.84. The first kappa shape index (κ1) is 28.7. The van der Waals surface area contributed by atoms with Crippen LogP contribution in [-0.4, -0.2) is 15.0 Å². The maximum atomic E-state index is 6.26. The molecule has 0 bridgehead atoms. The first-order chi connectivity index (χ1) is 25.8. The Balaban J connectivity index is 1.12. The summed E-state index contributed by atoms with van der Waals surface area (Å²) >= 11 is 0. The molecule has 11 rings (SSSR count). The Kier molecular flexibility index (Phi) is 6.18. The quantitative estimate of drug-likeness (QED) is 0.187. The lowest BCUT2D eigenvalue weighted by molar-refractivity contribution is 0.669. The van der Waals surface area contributed by atoms with Gasteiger partial charge in [0.1, 0.15) is 11.2 Å². The van der Waals surface area contributed by atoms with Crippen molar-refractivity contribution in [1.29, 1.82) is 0 Å². The number of anilines is 3. The van der Waals surface area contributed by atoms with Gasteiger partial charge in [0.05, 0.1) is 11.4 Å². The molecule has 0 saturated heterocycles. The number of aromatic nitrogens is 3. The molecular weight excluding hydrogens is 637 g/mol. The van der Waals surface area contributed by atoms with Gasteiger partial charge in [-0.3, -0.25) is 0 Å². The Bertz CT molecular complexity index is 3030. The standard InChI is InChI=1S/C47H28N4O/c1-2-11-31(12-3-1)45-48-46(32-24-26-36-35-17-5-7-22-42(35)52-43(36)27-32)50-47(49-45)38-19-8-13-29-23-25-33(28-39(29)38)51-40-20-6-4-16-34(40)37-18-9-14-30-15-10-21-41(51)44(30)37/h1-28H. The smallest absolute Gasteiger partial charge is 0.164 e. The van der Waals surface area contributed by atoms with Crippen molar-refractivity contribution in [3.8, 4) is 45.3 Å². The van der Waals surface area contributed by atoms with Crippen LogP contribution >= 0.6 is 0 Å². The summed E-state index contributed by atoms with van der Waals surface area (Å²) < 4.78 is 6.26. The Hall–Kier alpha value is -7.11. The van der Waals surface area contributed by atoms with E-state index in [4.69, 9.17) is 19.4 Å². The summed E-state index contributed by atoms with van der Waals surface area (Å²) in [6.45, 7) is 0. The van der Waals surface area contributed by atoms with Gasteiger partial charge in [0.25, 0.3) is 0 Å². The van der Waals surface area contributed by atoms with Crippen LogP contribution in [0.15, 0.2) is 174 Å². The van der Waals surface area contributed by atoms with Gasteiger partial charge in [-0.15, -0.1) is 0 Å². The third-order valence-corrected chi connectivity index (χ3v) is 10.2. The molecule has 5 nitrogen and oxygen atoms in total. The molecule has 52 heavy (non-hydrogen) atoms. The average Bonchev–Trinajstić information content (AvgIpc) is 3.59. The minimum atomic E-state index is 0.590. The van der Waals surface area contributed by atoms with E-state index in [9.17, 15) is 0 Å². The predicted octanol–water partition coefficient (Wildman–Crippen LogP) is 12.5. The maximum Gasteiger partial charge on any atom is 0.164 e.